The molecular weight excluding hydrogens is 595 g/mol. The van der Waals surface area contributed by atoms with Gasteiger partial charge >= 0.3 is 0 Å². The lowest BCUT2D eigenvalue weighted by atomic mass is 9.87. The maximum absolute atomic E-state index is 14.0. The van der Waals surface area contributed by atoms with Crippen molar-refractivity contribution >= 4 is 41.8 Å². The molecule has 3 amide bonds. The molecule has 0 spiro atoms. The van der Waals surface area contributed by atoms with Crippen molar-refractivity contribution in [3.05, 3.63) is 36.0 Å². The molecule has 0 aliphatic carbocycles. The zero-order valence-corrected chi connectivity index (χ0v) is 27.9. The number of carbonyl (C=O) groups is 4. The molecule has 248 valence electrons. The van der Waals surface area contributed by atoms with Crippen LogP contribution >= 0.6 is 7.37 Å². The Morgan fingerprint density at radius 1 is 1.07 bits per heavy atom. The van der Waals surface area contributed by atoms with Crippen LogP contribution in [0.1, 0.15) is 77.2 Å². The summed E-state index contributed by atoms with van der Waals surface area (Å²) in [7, 11) is -1.57. The van der Waals surface area contributed by atoms with E-state index in [2.05, 4.69) is 10.6 Å². The number of ketones is 1. The van der Waals surface area contributed by atoms with Crippen molar-refractivity contribution in [2.45, 2.75) is 96.2 Å². The number of hydrogen-bond donors (Lipinski definition) is 3. The van der Waals surface area contributed by atoms with Crippen LogP contribution in [0.3, 0.4) is 0 Å². The van der Waals surface area contributed by atoms with Gasteiger partial charge in [-0.15, -0.1) is 0 Å². The molecule has 1 aromatic heterocycles. The van der Waals surface area contributed by atoms with Crippen LogP contribution in [0.2, 0.25) is 0 Å². The van der Waals surface area contributed by atoms with E-state index in [1.165, 1.54) is 6.66 Å². The Morgan fingerprint density at radius 3 is 2.53 bits per heavy atom. The van der Waals surface area contributed by atoms with Gasteiger partial charge in [-0.05, 0) is 49.7 Å². The highest BCUT2D eigenvalue weighted by Gasteiger charge is 2.41. The van der Waals surface area contributed by atoms with E-state index in [0.29, 0.717) is 45.1 Å². The average molecular weight is 645 g/mol. The summed E-state index contributed by atoms with van der Waals surface area (Å²) in [5.41, 5.74) is 1.62. The molecule has 12 heteroatoms. The number of rotatable bonds is 11. The molecule has 2 aliphatic heterocycles. The lowest BCUT2D eigenvalue weighted by Crippen LogP contribution is -2.61. The number of fused-ring (bicyclic) bond motifs is 2. The second-order valence-electron chi connectivity index (χ2n) is 12.9. The van der Waals surface area contributed by atoms with E-state index in [1.807, 2.05) is 38.1 Å². The number of benzene rings is 1. The maximum atomic E-state index is 14.0. The molecule has 4 rings (SSSR count). The van der Waals surface area contributed by atoms with Gasteiger partial charge in [0, 0.05) is 49.7 Å². The number of amides is 3. The van der Waals surface area contributed by atoms with Gasteiger partial charge in [-0.25, -0.2) is 0 Å². The molecule has 1 aromatic carbocycles. The summed E-state index contributed by atoms with van der Waals surface area (Å²) < 4.78 is 13.3. The third-order valence-electron chi connectivity index (χ3n) is 9.39. The van der Waals surface area contributed by atoms with E-state index in [-0.39, 0.29) is 42.5 Å². The summed E-state index contributed by atoms with van der Waals surface area (Å²) in [5, 5.41) is 6.83. The number of nitrogens with one attached hydrogen (secondary N) is 2. The average Bonchev–Trinajstić information content (AvgIpc) is 3.38. The first kappa shape index (κ1) is 34.7. The predicted octanol–water partition coefficient (Wildman–Crippen LogP) is 3.69. The first-order chi connectivity index (χ1) is 21.4. The van der Waals surface area contributed by atoms with Gasteiger partial charge in [-0.1, -0.05) is 51.3 Å². The number of Topliss-reactive ketones (excluding diaryl/α,β-unsaturated/α-hetero) is 1. The van der Waals surface area contributed by atoms with Gasteiger partial charge in [-0.2, -0.15) is 4.73 Å². The molecule has 0 radical (unpaired) electrons. The minimum atomic E-state index is -3.12. The number of carbonyl (C=O) groups excluding carboxylic acids is 4. The van der Waals surface area contributed by atoms with Gasteiger partial charge in [-0.3, -0.25) is 23.7 Å². The van der Waals surface area contributed by atoms with Crippen molar-refractivity contribution in [3.8, 4) is 0 Å². The summed E-state index contributed by atoms with van der Waals surface area (Å²) >= 11 is 0. The van der Waals surface area contributed by atoms with Gasteiger partial charge in [0.25, 0.3) is 0 Å². The van der Waals surface area contributed by atoms with Crippen molar-refractivity contribution in [2.75, 3.05) is 26.5 Å². The molecule has 3 heterocycles. The first-order valence-corrected chi connectivity index (χ1v) is 18.6. The highest BCUT2D eigenvalue weighted by Crippen LogP contribution is 2.36. The molecule has 45 heavy (non-hydrogen) atoms. The largest absolute Gasteiger partial charge is 0.417 e. The van der Waals surface area contributed by atoms with Crippen molar-refractivity contribution in [2.24, 2.45) is 11.8 Å². The predicted molar refractivity (Wildman–Crippen MR) is 173 cm³/mol. The molecule has 2 unspecified atom stereocenters. The van der Waals surface area contributed by atoms with Crippen molar-refractivity contribution in [1.29, 1.82) is 0 Å². The SMILES string of the molecule is CCC(C)[C@@H]1NC(=O)[C@H](Cc2cn(OC)c3ccccc23)NC(=O)[C@H](CCCCCP(C)(=O)O)CC(=O)[C@H]2CCCCN2C1=O. The minimum absolute atomic E-state index is 0.0299. The molecule has 11 nitrogen and oxygen atoms in total. The number of hydrogen-bond acceptors (Lipinski definition) is 6. The van der Waals surface area contributed by atoms with Crippen LogP contribution in [0, 0.1) is 11.8 Å². The van der Waals surface area contributed by atoms with Crippen molar-refractivity contribution in [3.63, 3.8) is 0 Å². The van der Waals surface area contributed by atoms with Gasteiger partial charge in [0.2, 0.25) is 17.7 Å². The molecule has 2 aromatic rings. The number of piperidine rings is 1. The Balaban J connectivity index is 1.67. The number of nitrogens with zero attached hydrogens (tertiary/aromatic N) is 2. The Morgan fingerprint density at radius 2 is 1.82 bits per heavy atom. The molecule has 0 saturated carbocycles. The van der Waals surface area contributed by atoms with Crippen molar-refractivity contribution in [1.82, 2.24) is 20.3 Å². The highest BCUT2D eigenvalue weighted by atomic mass is 31.2. The highest BCUT2D eigenvalue weighted by molar-refractivity contribution is 7.57. The zero-order chi connectivity index (χ0) is 32.7. The molecular formula is C33H49N4O7P. The van der Waals surface area contributed by atoms with Crippen molar-refractivity contribution < 1.29 is 33.5 Å². The van der Waals surface area contributed by atoms with Crippen LogP contribution in [-0.4, -0.2) is 82.6 Å². The van der Waals surface area contributed by atoms with Gasteiger partial charge in [0.05, 0.1) is 11.6 Å². The second kappa shape index (κ2) is 15.4. The van der Waals surface area contributed by atoms with Crippen LogP contribution in [0.25, 0.3) is 10.9 Å². The fraction of sp³-hybridized carbons (Fsp3) is 0.636. The van der Waals surface area contributed by atoms with Crippen LogP contribution < -0.4 is 15.5 Å². The fourth-order valence-electron chi connectivity index (χ4n) is 6.57. The summed E-state index contributed by atoms with van der Waals surface area (Å²) in [4.78, 5) is 72.6. The Bertz CT molecular complexity index is 1420. The molecule has 0 bridgehead atoms. The van der Waals surface area contributed by atoms with Crippen LogP contribution in [-0.2, 0) is 30.2 Å². The topological polar surface area (TPSA) is 147 Å². The first-order valence-electron chi connectivity index (χ1n) is 16.3. The van der Waals surface area contributed by atoms with Gasteiger partial charge < -0.3 is 25.3 Å². The van der Waals surface area contributed by atoms with Crippen LogP contribution in [0.15, 0.2) is 30.5 Å². The smallest absolute Gasteiger partial charge is 0.246 e. The zero-order valence-electron chi connectivity index (χ0n) is 27.0. The van der Waals surface area contributed by atoms with Crippen LogP contribution in [0.5, 0.6) is 0 Å². The molecule has 3 N–H and O–H groups in total. The maximum Gasteiger partial charge on any atom is 0.246 e. The van der Waals surface area contributed by atoms with E-state index in [4.69, 9.17) is 4.84 Å². The molecule has 2 aliphatic rings. The lowest BCUT2D eigenvalue weighted by molar-refractivity contribution is -0.147. The number of aromatic nitrogens is 1. The van der Waals surface area contributed by atoms with E-state index in [0.717, 1.165) is 29.3 Å². The summed E-state index contributed by atoms with van der Waals surface area (Å²) in [5.74, 6) is -2.08. The third kappa shape index (κ3) is 8.76. The Kier molecular flexibility index (Phi) is 11.9. The Labute approximate surface area is 265 Å². The van der Waals surface area contributed by atoms with E-state index >= 15 is 0 Å². The standard InChI is InChI=1S/C33H49N4O7P/c1-5-22(2)30-33(41)36-17-11-10-16-28(36)29(38)20-23(13-7-6-12-18-45(4,42)43)31(39)34-26(32(40)35-30)19-24-21-37(44-3)27-15-9-8-14-25(24)27/h8-9,14-15,21-23,26,28,30H,5-7,10-13,16-20H2,1-4H3,(H,34,39)(H,35,40)(H,42,43)/t22?,23-,26+,28-,30+/m1/s1. The molecule has 2 fully saturated rings. The summed E-state index contributed by atoms with van der Waals surface area (Å²) in [6.45, 7) is 5.65. The normalized spacial score (nSPS) is 25.4. The third-order valence-corrected chi connectivity index (χ3v) is 10.5. The number of unbranched alkanes of at least 4 members (excludes halogenated alkanes) is 2. The summed E-state index contributed by atoms with van der Waals surface area (Å²) in [6.07, 6.45) is 7.07. The van der Waals surface area contributed by atoms with Gasteiger partial charge in [0.15, 0.2) is 13.2 Å². The minimum Gasteiger partial charge on any atom is -0.417 e. The van der Waals surface area contributed by atoms with Crippen LogP contribution in [0.4, 0.5) is 0 Å². The summed E-state index contributed by atoms with van der Waals surface area (Å²) in [6, 6.07) is 5.18. The van der Waals surface area contributed by atoms with Gasteiger partial charge in [0.1, 0.15) is 19.2 Å². The number of para-hydroxylation sites is 1. The Hall–Kier alpha value is -3.17. The quantitative estimate of drug-likeness (QED) is 0.250. The van der Waals surface area contributed by atoms with E-state index in [1.54, 1.807) is 22.9 Å². The lowest BCUT2D eigenvalue weighted by Gasteiger charge is -2.39. The van der Waals surface area contributed by atoms with E-state index < -0.39 is 37.3 Å². The second-order valence-corrected chi connectivity index (χ2v) is 15.4. The van der Waals surface area contributed by atoms with E-state index in [9.17, 15) is 28.6 Å². The molecule has 2 saturated heterocycles. The fourth-order valence-corrected chi connectivity index (χ4v) is 7.38. The monoisotopic (exact) mass is 644 g/mol. The molecule has 6 atom stereocenters.